The predicted octanol–water partition coefficient (Wildman–Crippen LogP) is 2.30. The molecule has 24 heavy (non-hydrogen) atoms. The second kappa shape index (κ2) is 7.62. The second-order valence-electron chi connectivity index (χ2n) is 6.45. The van der Waals surface area contributed by atoms with Crippen LogP contribution in [0.1, 0.15) is 17.8 Å². The number of carbonyl (C=O) groups is 1. The van der Waals surface area contributed by atoms with Gasteiger partial charge >= 0.3 is 0 Å². The zero-order chi connectivity index (χ0) is 16.9. The molecule has 128 valence electrons. The van der Waals surface area contributed by atoms with Gasteiger partial charge in [0.1, 0.15) is 12.4 Å². The number of methoxy groups -OCH3 is 1. The fourth-order valence-corrected chi connectivity index (χ4v) is 3.43. The SMILES string of the molecule is CO[C@@H]1CN(C(=O)Cn2ccnc2C)CC[C@@H]1Cc1ccccc1. The first-order valence-corrected chi connectivity index (χ1v) is 8.49. The first-order valence-electron chi connectivity index (χ1n) is 8.49. The fraction of sp³-hybridized carbons (Fsp3) is 0.474. The van der Waals surface area contributed by atoms with Gasteiger partial charge in [0.25, 0.3) is 0 Å². The van der Waals surface area contributed by atoms with E-state index in [9.17, 15) is 4.79 Å². The molecule has 0 spiro atoms. The summed E-state index contributed by atoms with van der Waals surface area (Å²) in [5.41, 5.74) is 1.33. The molecule has 5 nitrogen and oxygen atoms in total. The first kappa shape index (κ1) is 16.7. The van der Waals surface area contributed by atoms with Gasteiger partial charge in [0, 0.05) is 32.6 Å². The number of imidazole rings is 1. The van der Waals surface area contributed by atoms with E-state index in [-0.39, 0.29) is 12.0 Å². The third kappa shape index (κ3) is 3.85. The van der Waals surface area contributed by atoms with Gasteiger partial charge in [-0.15, -0.1) is 0 Å². The van der Waals surface area contributed by atoms with E-state index in [1.54, 1.807) is 13.3 Å². The van der Waals surface area contributed by atoms with Crippen LogP contribution >= 0.6 is 0 Å². The number of aryl methyl sites for hydroxylation is 1. The number of aromatic nitrogens is 2. The normalized spacial score (nSPS) is 21.0. The van der Waals surface area contributed by atoms with Gasteiger partial charge in [-0.3, -0.25) is 4.79 Å². The first-order chi connectivity index (χ1) is 11.7. The Morgan fingerprint density at radius 1 is 1.33 bits per heavy atom. The third-order valence-corrected chi connectivity index (χ3v) is 4.92. The molecule has 0 radical (unpaired) electrons. The molecule has 1 saturated heterocycles. The van der Waals surface area contributed by atoms with Crippen LogP contribution in [0.2, 0.25) is 0 Å². The lowest BCUT2D eigenvalue weighted by Crippen LogP contribution is -2.48. The van der Waals surface area contributed by atoms with Crippen molar-refractivity contribution in [3.8, 4) is 0 Å². The third-order valence-electron chi connectivity index (χ3n) is 4.92. The Bertz CT molecular complexity index is 668. The molecule has 0 N–H and O–H groups in total. The van der Waals surface area contributed by atoms with Gasteiger partial charge in [-0.05, 0) is 31.2 Å². The van der Waals surface area contributed by atoms with Crippen molar-refractivity contribution in [1.82, 2.24) is 14.5 Å². The summed E-state index contributed by atoms with van der Waals surface area (Å²) < 4.78 is 7.59. The molecule has 1 fully saturated rings. The molecule has 0 bridgehead atoms. The summed E-state index contributed by atoms with van der Waals surface area (Å²) in [7, 11) is 1.75. The van der Waals surface area contributed by atoms with Crippen LogP contribution in [0.5, 0.6) is 0 Å². The minimum atomic E-state index is 0.0896. The van der Waals surface area contributed by atoms with Gasteiger partial charge in [0.2, 0.25) is 5.91 Å². The molecule has 3 rings (SSSR count). The number of hydrogen-bond donors (Lipinski definition) is 0. The number of likely N-dealkylation sites (tertiary alicyclic amines) is 1. The van der Waals surface area contributed by atoms with Crippen LogP contribution in [0, 0.1) is 12.8 Å². The zero-order valence-electron chi connectivity index (χ0n) is 14.4. The molecule has 1 aromatic heterocycles. The lowest BCUT2D eigenvalue weighted by atomic mass is 9.87. The topological polar surface area (TPSA) is 47.4 Å². The van der Waals surface area contributed by atoms with Crippen LogP contribution in [0.15, 0.2) is 42.7 Å². The van der Waals surface area contributed by atoms with Crippen LogP contribution in [0.3, 0.4) is 0 Å². The summed E-state index contributed by atoms with van der Waals surface area (Å²) in [4.78, 5) is 18.7. The second-order valence-corrected chi connectivity index (χ2v) is 6.45. The molecular formula is C19H25N3O2. The number of hydrogen-bond acceptors (Lipinski definition) is 3. The largest absolute Gasteiger partial charge is 0.379 e. The van der Waals surface area contributed by atoms with Crippen molar-refractivity contribution >= 4 is 5.91 Å². The standard InChI is InChI=1S/C19H25N3O2/c1-15-20-9-11-21(15)14-19(23)22-10-8-17(18(13-22)24-2)12-16-6-4-3-5-7-16/h3-7,9,11,17-18H,8,10,12-14H2,1-2H3/t17-,18-/m1/s1. The predicted molar refractivity (Wildman–Crippen MR) is 92.6 cm³/mol. The Kier molecular flexibility index (Phi) is 5.30. The van der Waals surface area contributed by atoms with E-state index in [1.165, 1.54) is 5.56 Å². The minimum Gasteiger partial charge on any atom is -0.379 e. The van der Waals surface area contributed by atoms with Gasteiger partial charge in [0.05, 0.1) is 6.10 Å². The Hall–Kier alpha value is -2.14. The number of carbonyl (C=O) groups excluding carboxylic acids is 1. The Morgan fingerprint density at radius 3 is 2.79 bits per heavy atom. The maximum absolute atomic E-state index is 12.6. The van der Waals surface area contributed by atoms with Crippen molar-refractivity contribution in [2.75, 3.05) is 20.2 Å². The summed E-state index contributed by atoms with van der Waals surface area (Å²) in [5.74, 6) is 1.46. The average Bonchev–Trinajstić information content (AvgIpc) is 3.01. The van der Waals surface area contributed by atoms with Crippen LogP contribution in [-0.4, -0.2) is 46.7 Å². The highest BCUT2D eigenvalue weighted by molar-refractivity contribution is 5.76. The molecule has 0 aliphatic carbocycles. The van der Waals surface area contributed by atoms with Crippen molar-refractivity contribution in [3.63, 3.8) is 0 Å². The molecule has 0 unspecified atom stereocenters. The molecule has 1 aliphatic rings. The van der Waals surface area contributed by atoms with Crippen molar-refractivity contribution < 1.29 is 9.53 Å². The molecule has 2 aromatic rings. The smallest absolute Gasteiger partial charge is 0.242 e. The molecule has 0 saturated carbocycles. The zero-order valence-corrected chi connectivity index (χ0v) is 14.4. The average molecular weight is 327 g/mol. The molecule has 1 amide bonds. The summed E-state index contributed by atoms with van der Waals surface area (Å²) in [6, 6.07) is 10.5. The fourth-order valence-electron chi connectivity index (χ4n) is 3.43. The lowest BCUT2D eigenvalue weighted by molar-refractivity contribution is -0.137. The van der Waals surface area contributed by atoms with E-state index in [1.807, 2.05) is 28.7 Å². The molecule has 5 heteroatoms. The van der Waals surface area contributed by atoms with E-state index in [2.05, 4.69) is 29.2 Å². The highest BCUT2D eigenvalue weighted by Crippen LogP contribution is 2.24. The van der Waals surface area contributed by atoms with Gasteiger partial charge in [0.15, 0.2) is 0 Å². The van der Waals surface area contributed by atoms with E-state index in [4.69, 9.17) is 4.74 Å². The highest BCUT2D eigenvalue weighted by Gasteiger charge is 2.31. The quantitative estimate of drug-likeness (QED) is 0.846. The molecule has 2 atom stereocenters. The van der Waals surface area contributed by atoms with Crippen molar-refractivity contribution in [1.29, 1.82) is 0 Å². The minimum absolute atomic E-state index is 0.0896. The van der Waals surface area contributed by atoms with Crippen LogP contribution in [0.25, 0.3) is 0 Å². The van der Waals surface area contributed by atoms with Crippen LogP contribution in [-0.2, 0) is 22.5 Å². The van der Waals surface area contributed by atoms with Crippen LogP contribution in [0.4, 0.5) is 0 Å². The Labute approximate surface area is 143 Å². The summed E-state index contributed by atoms with van der Waals surface area (Å²) >= 11 is 0. The number of rotatable bonds is 5. The van der Waals surface area contributed by atoms with Gasteiger partial charge in [-0.25, -0.2) is 4.98 Å². The number of benzene rings is 1. The van der Waals surface area contributed by atoms with Crippen molar-refractivity contribution in [2.45, 2.75) is 32.4 Å². The molecular weight excluding hydrogens is 302 g/mol. The van der Waals surface area contributed by atoms with E-state index in [0.29, 0.717) is 19.0 Å². The number of ether oxygens (including phenoxy) is 1. The summed E-state index contributed by atoms with van der Waals surface area (Å²) in [6.45, 7) is 3.73. The maximum atomic E-state index is 12.6. The number of amides is 1. The number of piperidine rings is 1. The number of nitrogens with zero attached hydrogens (tertiary/aromatic N) is 3. The van der Waals surface area contributed by atoms with E-state index < -0.39 is 0 Å². The van der Waals surface area contributed by atoms with E-state index >= 15 is 0 Å². The highest BCUT2D eigenvalue weighted by atomic mass is 16.5. The van der Waals surface area contributed by atoms with Crippen molar-refractivity contribution in [2.24, 2.45) is 5.92 Å². The lowest BCUT2D eigenvalue weighted by Gasteiger charge is -2.38. The van der Waals surface area contributed by atoms with Crippen LogP contribution < -0.4 is 0 Å². The summed E-state index contributed by atoms with van der Waals surface area (Å²) in [6.07, 6.45) is 5.65. The van der Waals surface area contributed by atoms with Gasteiger partial charge in [-0.2, -0.15) is 0 Å². The monoisotopic (exact) mass is 327 g/mol. The Morgan fingerprint density at radius 2 is 2.12 bits per heavy atom. The summed E-state index contributed by atoms with van der Waals surface area (Å²) in [5, 5.41) is 0. The van der Waals surface area contributed by atoms with E-state index in [0.717, 1.165) is 25.2 Å². The molecule has 1 aromatic carbocycles. The van der Waals surface area contributed by atoms with Gasteiger partial charge in [-0.1, -0.05) is 30.3 Å². The van der Waals surface area contributed by atoms with Crippen molar-refractivity contribution in [3.05, 3.63) is 54.1 Å². The Balaban J connectivity index is 1.60. The molecule has 2 heterocycles. The maximum Gasteiger partial charge on any atom is 0.242 e. The van der Waals surface area contributed by atoms with Gasteiger partial charge < -0.3 is 14.2 Å². The molecule has 1 aliphatic heterocycles.